The SMILES string of the molecule is CC1CC(=O)N(c2ccc(F)cc2)C12CN(CC(N)=O)C2=O.CC1CC(=O)N(c2ccc(F)cc2)C12CNC2=O.COc1ccc(CN2CC3(C2=O)C(C)CC(=O)N3c2ccc(F)cc2)c(OC)c1.COc1ccc(CNC(=O)C2(CO)C(C)CC(=O)N2c2ccc(F)cc2)c(C)c1.NC(=O)CBr. The molecule has 7 aliphatic rings. The van der Waals surface area contributed by atoms with Gasteiger partial charge in [-0.2, -0.15) is 0 Å². The standard InChI is InChI=1S/C22H23FN2O4.C22H25FN2O4.C15H16FN3O3.C13H13FN2O2.C2H4BrNO/c1-14-10-20(26)25(17-7-5-16(23)6-8-17)22(14)13-24(21(22)27)12-15-4-9-18(28-2)11-19(15)29-3;1-14-10-19(29-3)9-4-16(14)12-24-21(28)22(13-26)15(2)11-20(27)25(22)18-7-5-17(23)6-8-18;1-9-6-13(21)19(11-4-2-10(16)3-5-11)15(9)8-18(14(15)22)7-12(17)20;1-8-6-11(17)16(13(8)7-15-12(13)18)10-4-2-9(14)3-5-10;3-1-2(4)5/h4-9,11,14H,10,12-13H2,1-3H3;4-10,15,26H,11-13H2,1-3H3,(H,24,28);2-5,9H,6-8H2,1H3,(H2,17,20);2-5,8H,6-7H2,1H3,(H,15,18);1H2,(H2,4,5). The number of rotatable bonds is 16. The fourth-order valence-electron chi connectivity index (χ4n) is 14.5. The van der Waals surface area contributed by atoms with Crippen molar-refractivity contribution >= 4 is 97.8 Å². The molecule has 29 heteroatoms. The highest BCUT2D eigenvalue weighted by molar-refractivity contribution is 9.09. The van der Waals surface area contributed by atoms with Gasteiger partial charge in [0.05, 0.1) is 59.4 Å². The van der Waals surface area contributed by atoms with Crippen molar-refractivity contribution in [3.63, 3.8) is 0 Å². The van der Waals surface area contributed by atoms with E-state index in [4.69, 9.17) is 19.9 Å². The summed E-state index contributed by atoms with van der Waals surface area (Å²) in [5.74, 6) is -2.80. The van der Waals surface area contributed by atoms with E-state index in [1.54, 1.807) is 68.4 Å². The number of aliphatic hydroxyl groups is 1. The lowest BCUT2D eigenvalue weighted by molar-refractivity contribution is -0.155. The lowest BCUT2D eigenvalue weighted by Crippen LogP contribution is -2.75. The van der Waals surface area contributed by atoms with E-state index in [0.29, 0.717) is 66.7 Å². The van der Waals surface area contributed by atoms with Crippen LogP contribution in [0.2, 0.25) is 0 Å². The Kier molecular flexibility index (Phi) is 23.4. The molecule has 103 heavy (non-hydrogen) atoms. The zero-order chi connectivity index (χ0) is 75.2. The van der Waals surface area contributed by atoms with E-state index >= 15 is 0 Å². The molecule has 7 fully saturated rings. The highest BCUT2D eigenvalue weighted by Crippen LogP contribution is 2.49. The molecule has 3 spiro atoms. The van der Waals surface area contributed by atoms with Crippen LogP contribution in [0.3, 0.4) is 0 Å². The van der Waals surface area contributed by atoms with Crippen molar-refractivity contribution < 1.29 is 84.8 Å². The average molecular weight is 1490 g/mol. The van der Waals surface area contributed by atoms with Crippen molar-refractivity contribution in [2.75, 3.05) is 79.0 Å². The molecule has 7 N–H and O–H groups in total. The number of nitrogens with one attached hydrogen (secondary N) is 2. The second-order valence-corrected chi connectivity index (χ2v) is 26.9. The molecule has 6 aromatic rings. The van der Waals surface area contributed by atoms with Crippen LogP contribution in [0.5, 0.6) is 17.2 Å². The van der Waals surface area contributed by atoms with E-state index in [2.05, 4.69) is 32.3 Å². The van der Waals surface area contributed by atoms with Gasteiger partial charge in [-0.05, 0) is 163 Å². The number of methoxy groups -OCH3 is 3. The third-order valence-electron chi connectivity index (χ3n) is 20.2. The summed E-state index contributed by atoms with van der Waals surface area (Å²) < 4.78 is 68.5. The molecule has 13 rings (SSSR count). The molecular formula is C74H81BrF4N10O14. The van der Waals surface area contributed by atoms with Crippen molar-refractivity contribution in [1.29, 1.82) is 0 Å². The van der Waals surface area contributed by atoms with E-state index in [1.807, 2.05) is 58.0 Å². The molecule has 7 aliphatic heterocycles. The number of benzene rings is 6. The van der Waals surface area contributed by atoms with E-state index in [-0.39, 0.29) is 114 Å². The smallest absolute Gasteiger partial charge is 0.251 e. The Hall–Kier alpha value is -10.4. The maximum absolute atomic E-state index is 13.3. The number of primary amides is 2. The number of halogens is 5. The number of amides is 10. The number of nitrogens with zero attached hydrogens (tertiary/aromatic N) is 6. The molecule has 10 amide bonds. The van der Waals surface area contributed by atoms with Gasteiger partial charge in [0.2, 0.25) is 47.3 Å². The molecule has 0 radical (unpaired) electrons. The zero-order valence-corrected chi connectivity index (χ0v) is 59.6. The summed E-state index contributed by atoms with van der Waals surface area (Å²) >= 11 is 2.84. The molecule has 7 saturated heterocycles. The Morgan fingerprint density at radius 1 is 0.534 bits per heavy atom. The van der Waals surface area contributed by atoms with Gasteiger partial charge in [-0.1, -0.05) is 49.7 Å². The fourth-order valence-corrected chi connectivity index (χ4v) is 14.5. The van der Waals surface area contributed by atoms with Crippen molar-refractivity contribution in [3.05, 3.63) is 173 Å². The van der Waals surface area contributed by atoms with Crippen molar-refractivity contribution in [3.8, 4) is 17.2 Å². The van der Waals surface area contributed by atoms with E-state index < -0.39 is 58.1 Å². The fraction of sp³-hybridized carbons (Fsp3) is 0.378. The third-order valence-corrected chi connectivity index (χ3v) is 20.7. The van der Waals surface area contributed by atoms with Crippen LogP contribution < -0.4 is 55.9 Å². The number of anilines is 4. The number of aryl methyl sites for hydroxylation is 1. The first-order chi connectivity index (χ1) is 48.9. The largest absolute Gasteiger partial charge is 0.497 e. The first kappa shape index (κ1) is 76.8. The maximum Gasteiger partial charge on any atom is 0.251 e. The van der Waals surface area contributed by atoms with Crippen LogP contribution in [-0.2, 0) is 61.0 Å². The van der Waals surface area contributed by atoms with Crippen LogP contribution in [0.15, 0.2) is 133 Å². The van der Waals surface area contributed by atoms with Gasteiger partial charge in [0, 0.05) is 73.2 Å². The van der Waals surface area contributed by atoms with Crippen molar-refractivity contribution in [2.24, 2.45) is 35.1 Å². The van der Waals surface area contributed by atoms with Gasteiger partial charge in [0.15, 0.2) is 5.54 Å². The predicted octanol–water partition coefficient (Wildman–Crippen LogP) is 6.76. The molecule has 0 aliphatic carbocycles. The number of carbonyl (C=O) groups excluding carboxylic acids is 10. The average Bonchev–Trinajstić information content (AvgIpc) is 1.62. The van der Waals surface area contributed by atoms with E-state index in [9.17, 15) is 70.6 Å². The number of aliphatic hydroxyl groups excluding tert-OH is 1. The summed E-state index contributed by atoms with van der Waals surface area (Å²) in [5, 5.41) is 16.1. The molecule has 0 saturated carbocycles. The summed E-state index contributed by atoms with van der Waals surface area (Å²) in [7, 11) is 4.75. The van der Waals surface area contributed by atoms with Crippen molar-refractivity contribution in [2.45, 2.75) is 95.5 Å². The molecule has 24 nitrogen and oxygen atoms in total. The first-order valence-corrected chi connectivity index (χ1v) is 34.1. The van der Waals surface area contributed by atoms with E-state index in [1.165, 1.54) is 92.4 Å². The lowest BCUT2D eigenvalue weighted by Gasteiger charge is -2.53. The predicted molar refractivity (Wildman–Crippen MR) is 375 cm³/mol. The summed E-state index contributed by atoms with van der Waals surface area (Å²) in [6, 6.07) is 33.2. The van der Waals surface area contributed by atoms with Gasteiger partial charge < -0.3 is 51.2 Å². The number of ether oxygens (including phenoxy) is 3. The topological polar surface area (TPSA) is 314 Å². The van der Waals surface area contributed by atoms with Gasteiger partial charge in [-0.25, -0.2) is 17.6 Å². The highest BCUT2D eigenvalue weighted by atomic mass is 79.9. The zero-order valence-electron chi connectivity index (χ0n) is 58.0. The number of alkyl halides is 1. The van der Waals surface area contributed by atoms with Gasteiger partial charge >= 0.3 is 0 Å². The van der Waals surface area contributed by atoms with Crippen LogP contribution in [0.25, 0.3) is 0 Å². The van der Waals surface area contributed by atoms with Crippen molar-refractivity contribution in [1.82, 2.24) is 20.4 Å². The third kappa shape index (κ3) is 14.7. The quantitative estimate of drug-likeness (QED) is 0.0380. The Morgan fingerprint density at radius 2 is 0.913 bits per heavy atom. The Balaban J connectivity index is 0.000000158. The monoisotopic (exact) mass is 1490 g/mol. The summed E-state index contributed by atoms with van der Waals surface area (Å²) in [5.41, 5.74) is 10.3. The Morgan fingerprint density at radius 3 is 1.27 bits per heavy atom. The normalized spacial score (nSPS) is 24.2. The number of carbonyl (C=O) groups is 10. The number of nitrogens with two attached hydrogens (primary N) is 2. The molecule has 7 heterocycles. The van der Waals surface area contributed by atoms with Crippen LogP contribution in [0.4, 0.5) is 40.3 Å². The maximum atomic E-state index is 13.3. The van der Waals surface area contributed by atoms with E-state index in [0.717, 1.165) is 22.4 Å². The van der Waals surface area contributed by atoms with Crippen LogP contribution in [0.1, 0.15) is 70.1 Å². The Labute approximate surface area is 600 Å². The second kappa shape index (κ2) is 31.4. The summed E-state index contributed by atoms with van der Waals surface area (Å²) in [6.07, 6.45) is 1.01. The second-order valence-electron chi connectivity index (χ2n) is 26.3. The number of hydrogen-bond donors (Lipinski definition) is 5. The van der Waals surface area contributed by atoms with Crippen LogP contribution >= 0.6 is 15.9 Å². The van der Waals surface area contributed by atoms with Gasteiger partial charge in [-0.3, -0.25) is 67.5 Å². The minimum Gasteiger partial charge on any atom is -0.497 e. The molecular weight excluding hydrogens is 1410 g/mol. The Bertz CT molecular complexity index is 4240. The van der Waals surface area contributed by atoms with Crippen LogP contribution in [0, 0.1) is 53.9 Å². The molecule has 6 aromatic carbocycles. The minimum atomic E-state index is -1.45. The molecule has 546 valence electrons. The number of hydrogen-bond acceptors (Lipinski definition) is 14. The van der Waals surface area contributed by atoms with Gasteiger partial charge in [0.1, 0.15) is 57.1 Å². The minimum absolute atomic E-state index is 0.0243. The summed E-state index contributed by atoms with van der Waals surface area (Å²) in [4.78, 5) is 130. The molecule has 0 aromatic heterocycles. The molecule has 8 unspecified atom stereocenters. The molecule has 8 atom stereocenters. The highest BCUT2D eigenvalue weighted by Gasteiger charge is 2.67. The van der Waals surface area contributed by atoms with Gasteiger partial charge in [0.25, 0.3) is 11.8 Å². The van der Waals surface area contributed by atoms with Crippen LogP contribution in [-0.4, -0.2) is 156 Å². The number of likely N-dealkylation sites (tertiary alicyclic amines) is 2. The summed E-state index contributed by atoms with van der Waals surface area (Å²) in [6.45, 7) is 10.4. The lowest BCUT2D eigenvalue weighted by atomic mass is 9.77. The number of β-lactam (4-membered cyclic amide) rings is 3. The first-order valence-electron chi connectivity index (χ1n) is 33.0. The van der Waals surface area contributed by atoms with Gasteiger partial charge in [-0.15, -0.1) is 0 Å². The molecule has 0 bridgehead atoms.